The number of nitrogens with one attached hydrogen (secondary N) is 2. The zero-order valence-corrected chi connectivity index (χ0v) is 9.69. The number of hydrogen-bond acceptors (Lipinski definition) is 3. The molecule has 2 N–H and O–H groups in total. The Morgan fingerprint density at radius 3 is 3.00 bits per heavy atom. The second-order valence-corrected chi connectivity index (χ2v) is 4.52. The molecule has 1 fully saturated rings. The number of pyridine rings is 1. The van der Waals surface area contributed by atoms with E-state index in [1.165, 1.54) is 24.8 Å². The van der Waals surface area contributed by atoms with Gasteiger partial charge >= 0.3 is 0 Å². The highest BCUT2D eigenvalue weighted by Gasteiger charge is 2.17. The summed E-state index contributed by atoms with van der Waals surface area (Å²) in [7, 11) is 0. The van der Waals surface area contributed by atoms with Gasteiger partial charge in [-0.2, -0.15) is 5.10 Å². The van der Waals surface area contributed by atoms with Gasteiger partial charge in [-0.25, -0.2) is 0 Å². The molecule has 3 rings (SSSR count). The lowest BCUT2D eigenvalue weighted by atomic mass is 9.93. The predicted molar refractivity (Wildman–Crippen MR) is 66.3 cm³/mol. The maximum absolute atomic E-state index is 4.14. The summed E-state index contributed by atoms with van der Waals surface area (Å²) in [5, 5.41) is 10.7. The third-order valence-corrected chi connectivity index (χ3v) is 3.35. The highest BCUT2D eigenvalue weighted by Crippen LogP contribution is 2.22. The van der Waals surface area contributed by atoms with Crippen LogP contribution in [0.2, 0.25) is 0 Å². The van der Waals surface area contributed by atoms with Gasteiger partial charge in [0.2, 0.25) is 0 Å². The summed E-state index contributed by atoms with van der Waals surface area (Å²) in [6, 6.07) is 4.69. The van der Waals surface area contributed by atoms with Gasteiger partial charge in [0.15, 0.2) is 0 Å². The molecular formula is C13H16N4. The Bertz CT molecular complexity index is 473. The van der Waals surface area contributed by atoms with Gasteiger partial charge in [-0.3, -0.25) is 10.1 Å². The van der Waals surface area contributed by atoms with Crippen LogP contribution in [0.15, 0.2) is 30.7 Å². The van der Waals surface area contributed by atoms with Gasteiger partial charge in [-0.1, -0.05) is 6.42 Å². The summed E-state index contributed by atoms with van der Waals surface area (Å²) < 4.78 is 0. The second kappa shape index (κ2) is 4.67. The molecule has 0 atom stereocenters. The number of nitrogens with zero attached hydrogens (tertiary/aromatic N) is 2. The molecule has 0 aromatic carbocycles. The summed E-state index contributed by atoms with van der Waals surface area (Å²) >= 11 is 0. The Labute approximate surface area is 100 Å². The molecule has 0 unspecified atom stereocenters. The van der Waals surface area contributed by atoms with Crippen molar-refractivity contribution in [2.24, 2.45) is 0 Å². The van der Waals surface area contributed by atoms with E-state index in [0.29, 0.717) is 6.04 Å². The highest BCUT2D eigenvalue weighted by molar-refractivity contribution is 5.61. The van der Waals surface area contributed by atoms with Crippen LogP contribution in [0.4, 0.5) is 0 Å². The summed E-state index contributed by atoms with van der Waals surface area (Å²) in [5.41, 5.74) is 3.38. The zero-order valence-electron chi connectivity index (χ0n) is 9.69. The van der Waals surface area contributed by atoms with Crippen molar-refractivity contribution < 1.29 is 0 Å². The monoisotopic (exact) mass is 228 g/mol. The first-order chi connectivity index (χ1) is 8.43. The summed E-state index contributed by atoms with van der Waals surface area (Å²) in [4.78, 5) is 4.14. The van der Waals surface area contributed by atoms with E-state index >= 15 is 0 Å². The molecule has 1 aliphatic carbocycles. The molecule has 2 aromatic rings. The van der Waals surface area contributed by atoms with Crippen molar-refractivity contribution in [3.05, 3.63) is 36.3 Å². The molecule has 88 valence electrons. The summed E-state index contributed by atoms with van der Waals surface area (Å²) in [5.74, 6) is 0. The van der Waals surface area contributed by atoms with Gasteiger partial charge in [0.05, 0.1) is 11.9 Å². The molecule has 4 heteroatoms. The lowest BCUT2D eigenvalue weighted by Gasteiger charge is -2.26. The van der Waals surface area contributed by atoms with Crippen molar-refractivity contribution in [1.82, 2.24) is 20.5 Å². The lowest BCUT2D eigenvalue weighted by molar-refractivity contribution is 0.338. The van der Waals surface area contributed by atoms with Crippen molar-refractivity contribution >= 4 is 0 Å². The van der Waals surface area contributed by atoms with Crippen LogP contribution in [-0.2, 0) is 6.54 Å². The van der Waals surface area contributed by atoms with Gasteiger partial charge in [-0.15, -0.1) is 0 Å². The first kappa shape index (κ1) is 10.5. The molecule has 17 heavy (non-hydrogen) atoms. The Morgan fingerprint density at radius 2 is 2.29 bits per heavy atom. The van der Waals surface area contributed by atoms with E-state index in [1.54, 1.807) is 6.20 Å². The number of rotatable bonds is 4. The fraction of sp³-hybridized carbons (Fsp3) is 0.385. The van der Waals surface area contributed by atoms with E-state index in [1.807, 2.05) is 24.5 Å². The third-order valence-electron chi connectivity index (χ3n) is 3.35. The Morgan fingerprint density at radius 1 is 1.35 bits per heavy atom. The largest absolute Gasteiger partial charge is 0.310 e. The minimum atomic E-state index is 0.701. The van der Waals surface area contributed by atoms with Gasteiger partial charge in [0.25, 0.3) is 0 Å². The van der Waals surface area contributed by atoms with E-state index in [2.05, 4.69) is 20.5 Å². The minimum absolute atomic E-state index is 0.701. The van der Waals surface area contributed by atoms with Crippen molar-refractivity contribution in [3.63, 3.8) is 0 Å². The Hall–Kier alpha value is -1.68. The number of aromatic nitrogens is 3. The molecule has 0 radical (unpaired) electrons. The Kier molecular flexibility index (Phi) is 2.88. The topological polar surface area (TPSA) is 53.6 Å². The maximum atomic E-state index is 4.14. The molecule has 4 nitrogen and oxygen atoms in total. The van der Waals surface area contributed by atoms with Crippen LogP contribution in [0.1, 0.15) is 24.8 Å². The van der Waals surface area contributed by atoms with Gasteiger partial charge in [0, 0.05) is 36.1 Å². The summed E-state index contributed by atoms with van der Waals surface area (Å²) in [6.07, 6.45) is 9.51. The fourth-order valence-electron chi connectivity index (χ4n) is 2.07. The average molecular weight is 228 g/mol. The molecule has 0 saturated heterocycles. The maximum Gasteiger partial charge on any atom is 0.0710 e. The quantitative estimate of drug-likeness (QED) is 0.842. The predicted octanol–water partition coefficient (Wildman–Crippen LogP) is 2.11. The van der Waals surface area contributed by atoms with E-state index in [-0.39, 0.29) is 0 Å². The average Bonchev–Trinajstić information content (AvgIpc) is 2.76. The lowest BCUT2D eigenvalue weighted by Crippen LogP contribution is -2.34. The van der Waals surface area contributed by atoms with Crippen LogP contribution in [0, 0.1) is 0 Å². The van der Waals surface area contributed by atoms with E-state index in [0.717, 1.165) is 17.8 Å². The van der Waals surface area contributed by atoms with Crippen LogP contribution >= 0.6 is 0 Å². The van der Waals surface area contributed by atoms with Gasteiger partial charge in [-0.05, 0) is 25.0 Å². The van der Waals surface area contributed by atoms with Gasteiger partial charge in [0.1, 0.15) is 0 Å². The van der Waals surface area contributed by atoms with Crippen LogP contribution in [0.25, 0.3) is 11.3 Å². The molecule has 1 aliphatic rings. The Balaban J connectivity index is 1.74. The minimum Gasteiger partial charge on any atom is -0.310 e. The molecular weight excluding hydrogens is 212 g/mol. The molecule has 2 heterocycles. The first-order valence-corrected chi connectivity index (χ1v) is 6.09. The molecule has 0 spiro atoms. The van der Waals surface area contributed by atoms with Crippen LogP contribution in [0.3, 0.4) is 0 Å². The van der Waals surface area contributed by atoms with Crippen LogP contribution in [-0.4, -0.2) is 21.2 Å². The van der Waals surface area contributed by atoms with Crippen molar-refractivity contribution in [2.45, 2.75) is 31.8 Å². The zero-order chi connectivity index (χ0) is 11.5. The SMILES string of the molecule is c1cncc(-c2[nH]ncc2CNC2CCC2)c1. The van der Waals surface area contributed by atoms with Crippen molar-refractivity contribution in [1.29, 1.82) is 0 Å². The van der Waals surface area contributed by atoms with E-state index in [4.69, 9.17) is 0 Å². The van der Waals surface area contributed by atoms with Crippen LogP contribution in [0.5, 0.6) is 0 Å². The normalized spacial score (nSPS) is 15.8. The molecule has 0 bridgehead atoms. The molecule has 2 aromatic heterocycles. The van der Waals surface area contributed by atoms with Crippen LogP contribution < -0.4 is 5.32 Å². The van der Waals surface area contributed by atoms with E-state index < -0.39 is 0 Å². The summed E-state index contributed by atoms with van der Waals surface area (Å²) in [6.45, 7) is 0.880. The molecule has 0 amide bonds. The number of H-pyrrole nitrogens is 1. The smallest absolute Gasteiger partial charge is 0.0710 e. The van der Waals surface area contributed by atoms with Crippen molar-refractivity contribution in [3.8, 4) is 11.3 Å². The standard InChI is InChI=1S/C13H16N4/c1-4-12(5-1)15-8-11-9-16-17-13(11)10-3-2-6-14-7-10/h2-3,6-7,9,12,15H,1,4-5,8H2,(H,16,17). The number of hydrogen-bond donors (Lipinski definition) is 2. The second-order valence-electron chi connectivity index (χ2n) is 4.52. The van der Waals surface area contributed by atoms with Gasteiger partial charge < -0.3 is 5.32 Å². The molecule has 1 saturated carbocycles. The third kappa shape index (κ3) is 2.22. The molecule has 0 aliphatic heterocycles. The highest BCUT2D eigenvalue weighted by atomic mass is 15.1. The first-order valence-electron chi connectivity index (χ1n) is 6.09. The number of aromatic amines is 1. The van der Waals surface area contributed by atoms with Crippen molar-refractivity contribution in [2.75, 3.05) is 0 Å². The van der Waals surface area contributed by atoms with E-state index in [9.17, 15) is 0 Å². The fourth-order valence-corrected chi connectivity index (χ4v) is 2.07.